The maximum absolute atomic E-state index is 12.6. The van der Waals surface area contributed by atoms with Crippen LogP contribution in [0.3, 0.4) is 0 Å². The van der Waals surface area contributed by atoms with Gasteiger partial charge in [0.05, 0.1) is 20.5 Å². The van der Waals surface area contributed by atoms with E-state index in [0.717, 1.165) is 50.1 Å². The van der Waals surface area contributed by atoms with Crippen LogP contribution in [0.4, 0.5) is 0 Å². The summed E-state index contributed by atoms with van der Waals surface area (Å²) in [5.41, 5.74) is 6.30. The lowest BCUT2D eigenvalue weighted by molar-refractivity contribution is -0.116. The highest BCUT2D eigenvalue weighted by atomic mass is 16.5. The number of amides is 1. The van der Waals surface area contributed by atoms with E-state index in [1.54, 1.807) is 26.6 Å². The summed E-state index contributed by atoms with van der Waals surface area (Å²) in [6, 6.07) is 19.7. The van der Waals surface area contributed by atoms with E-state index < -0.39 is 0 Å². The fourth-order valence-electron chi connectivity index (χ4n) is 4.00. The van der Waals surface area contributed by atoms with Gasteiger partial charge in [0.2, 0.25) is 5.91 Å². The van der Waals surface area contributed by atoms with Crippen LogP contribution in [0.1, 0.15) is 23.6 Å². The van der Waals surface area contributed by atoms with Crippen LogP contribution in [0.25, 0.3) is 27.7 Å². The monoisotopic (exact) mass is 441 g/mol. The molecule has 168 valence electrons. The second-order valence-electron chi connectivity index (χ2n) is 7.87. The van der Waals surface area contributed by atoms with Crippen LogP contribution in [0.5, 0.6) is 11.5 Å². The quantitative estimate of drug-likeness (QED) is 0.350. The van der Waals surface area contributed by atoms with Crippen LogP contribution in [0, 0.1) is 6.92 Å². The minimum absolute atomic E-state index is 0.156. The van der Waals surface area contributed by atoms with Crippen molar-refractivity contribution in [2.75, 3.05) is 14.2 Å². The molecule has 1 N–H and O–H groups in total. The molecule has 0 saturated carbocycles. The van der Waals surface area contributed by atoms with E-state index in [2.05, 4.69) is 5.32 Å². The molecule has 0 bridgehead atoms. The minimum atomic E-state index is -0.156. The number of aryl methyl sites for hydroxylation is 1. The number of carbonyl (C=O) groups is 1. The van der Waals surface area contributed by atoms with Crippen molar-refractivity contribution < 1.29 is 18.7 Å². The van der Waals surface area contributed by atoms with Gasteiger partial charge in [-0.1, -0.05) is 42.5 Å². The number of fused-ring (bicyclic) bond motifs is 1. The van der Waals surface area contributed by atoms with E-state index in [0.29, 0.717) is 12.3 Å². The predicted octanol–water partition coefficient (Wildman–Crippen LogP) is 6.15. The van der Waals surface area contributed by atoms with Crippen LogP contribution >= 0.6 is 0 Å². The summed E-state index contributed by atoms with van der Waals surface area (Å²) in [6.07, 6.45) is 3.36. The Kier molecular flexibility index (Phi) is 6.50. The molecule has 0 aliphatic heterocycles. The topological polar surface area (TPSA) is 60.7 Å². The summed E-state index contributed by atoms with van der Waals surface area (Å²) in [7, 11) is 3.28. The van der Waals surface area contributed by atoms with Gasteiger partial charge in [0.25, 0.3) is 0 Å². The number of ether oxygens (including phenoxy) is 2. The van der Waals surface area contributed by atoms with Gasteiger partial charge in [0.1, 0.15) is 17.1 Å². The van der Waals surface area contributed by atoms with Crippen molar-refractivity contribution in [3.8, 4) is 22.6 Å². The van der Waals surface area contributed by atoms with Gasteiger partial charge in [-0.3, -0.25) is 4.79 Å². The summed E-state index contributed by atoms with van der Waals surface area (Å²) in [4.78, 5) is 12.6. The van der Waals surface area contributed by atoms with E-state index in [-0.39, 0.29) is 5.91 Å². The van der Waals surface area contributed by atoms with Crippen molar-refractivity contribution in [3.05, 3.63) is 89.7 Å². The molecule has 0 fully saturated rings. The summed E-state index contributed by atoms with van der Waals surface area (Å²) in [5, 5.41) is 3.90. The molecule has 3 aromatic carbocycles. The molecule has 5 heteroatoms. The fraction of sp³-hybridized carbons (Fsp3) is 0.179. The average molecular weight is 442 g/mol. The SMILES string of the molecule is COc1cccc(-c2coc3c(C)c(OC)c(/C(C)=C/C(=O)NCc4ccccc4)cc23)c1. The molecular weight excluding hydrogens is 414 g/mol. The van der Waals surface area contributed by atoms with Crippen LogP contribution in [0.15, 0.2) is 77.4 Å². The molecule has 0 atom stereocenters. The fourth-order valence-corrected chi connectivity index (χ4v) is 4.00. The number of hydrogen-bond acceptors (Lipinski definition) is 4. The number of benzene rings is 3. The third-order valence-corrected chi connectivity index (χ3v) is 5.71. The molecule has 1 amide bonds. The highest BCUT2D eigenvalue weighted by Crippen LogP contribution is 2.41. The second kappa shape index (κ2) is 9.65. The van der Waals surface area contributed by atoms with E-state index in [1.807, 2.05) is 74.5 Å². The maximum atomic E-state index is 12.6. The van der Waals surface area contributed by atoms with Crippen LogP contribution < -0.4 is 14.8 Å². The normalized spacial score (nSPS) is 11.5. The van der Waals surface area contributed by atoms with Gasteiger partial charge in [0.15, 0.2) is 0 Å². The Hall–Kier alpha value is -3.99. The standard InChI is InChI=1S/C28H27NO4/c1-18(13-26(30)29-16-20-9-6-5-7-10-20)23-15-24-25(21-11-8-12-22(14-21)31-3)17-33-28(24)19(2)27(23)32-4/h5-15,17H,16H2,1-4H3,(H,29,30)/b18-13+. The predicted molar refractivity (Wildman–Crippen MR) is 131 cm³/mol. The Morgan fingerprint density at radius 1 is 1.03 bits per heavy atom. The zero-order valence-corrected chi connectivity index (χ0v) is 19.3. The summed E-state index contributed by atoms with van der Waals surface area (Å²) < 4.78 is 17.0. The van der Waals surface area contributed by atoms with Crippen LogP contribution in [-0.2, 0) is 11.3 Å². The number of methoxy groups -OCH3 is 2. The molecule has 0 aliphatic carbocycles. The zero-order chi connectivity index (χ0) is 23.4. The molecule has 1 aromatic heterocycles. The Bertz CT molecular complexity index is 1320. The number of carbonyl (C=O) groups excluding carboxylic acids is 1. The van der Waals surface area contributed by atoms with E-state index in [9.17, 15) is 4.79 Å². The van der Waals surface area contributed by atoms with Crippen LogP contribution in [0.2, 0.25) is 0 Å². The highest BCUT2D eigenvalue weighted by Gasteiger charge is 2.19. The van der Waals surface area contributed by atoms with Crippen molar-refractivity contribution in [2.24, 2.45) is 0 Å². The molecule has 33 heavy (non-hydrogen) atoms. The first kappa shape index (κ1) is 22.2. The smallest absolute Gasteiger partial charge is 0.244 e. The summed E-state index contributed by atoms with van der Waals surface area (Å²) in [6.45, 7) is 4.35. The molecule has 4 aromatic rings. The van der Waals surface area contributed by atoms with Crippen molar-refractivity contribution in [1.29, 1.82) is 0 Å². The van der Waals surface area contributed by atoms with Crippen LogP contribution in [-0.4, -0.2) is 20.1 Å². The number of rotatable bonds is 7. The first-order valence-electron chi connectivity index (χ1n) is 10.8. The number of furan rings is 1. The molecule has 0 spiro atoms. The molecule has 0 aliphatic rings. The van der Waals surface area contributed by atoms with Gasteiger partial charge in [-0.25, -0.2) is 0 Å². The lowest BCUT2D eigenvalue weighted by atomic mass is 9.96. The third kappa shape index (κ3) is 4.62. The minimum Gasteiger partial charge on any atom is -0.497 e. The molecule has 1 heterocycles. The largest absolute Gasteiger partial charge is 0.497 e. The van der Waals surface area contributed by atoms with Gasteiger partial charge in [0, 0.05) is 34.7 Å². The third-order valence-electron chi connectivity index (χ3n) is 5.71. The lowest BCUT2D eigenvalue weighted by Crippen LogP contribution is -2.20. The Labute approximate surface area is 193 Å². The van der Waals surface area contributed by atoms with Gasteiger partial charge >= 0.3 is 0 Å². The Balaban J connectivity index is 1.71. The molecule has 0 saturated heterocycles. The van der Waals surface area contributed by atoms with Crippen molar-refractivity contribution in [1.82, 2.24) is 5.32 Å². The van der Waals surface area contributed by atoms with E-state index in [1.165, 1.54) is 0 Å². The maximum Gasteiger partial charge on any atom is 0.244 e. The van der Waals surface area contributed by atoms with Gasteiger partial charge in [-0.05, 0) is 48.7 Å². The Morgan fingerprint density at radius 2 is 1.82 bits per heavy atom. The summed E-state index contributed by atoms with van der Waals surface area (Å²) in [5.74, 6) is 1.31. The lowest BCUT2D eigenvalue weighted by Gasteiger charge is -2.13. The molecular formula is C28H27NO4. The zero-order valence-electron chi connectivity index (χ0n) is 19.3. The van der Waals surface area contributed by atoms with Crippen molar-refractivity contribution in [3.63, 3.8) is 0 Å². The second-order valence-corrected chi connectivity index (χ2v) is 7.87. The number of allylic oxidation sites excluding steroid dienone is 1. The average Bonchev–Trinajstić information content (AvgIpc) is 3.28. The van der Waals surface area contributed by atoms with Crippen molar-refractivity contribution in [2.45, 2.75) is 20.4 Å². The first-order chi connectivity index (χ1) is 16.0. The molecule has 5 nitrogen and oxygen atoms in total. The first-order valence-corrected chi connectivity index (χ1v) is 10.8. The molecule has 4 rings (SSSR count). The molecule has 0 radical (unpaired) electrons. The molecule has 0 unspecified atom stereocenters. The van der Waals surface area contributed by atoms with E-state index in [4.69, 9.17) is 13.9 Å². The van der Waals surface area contributed by atoms with E-state index >= 15 is 0 Å². The number of hydrogen-bond donors (Lipinski definition) is 1. The van der Waals surface area contributed by atoms with Gasteiger partial charge in [-0.15, -0.1) is 0 Å². The highest BCUT2D eigenvalue weighted by molar-refractivity contribution is 6.01. The number of nitrogens with one attached hydrogen (secondary N) is 1. The Morgan fingerprint density at radius 3 is 2.55 bits per heavy atom. The summed E-state index contributed by atoms with van der Waals surface area (Å²) >= 11 is 0. The van der Waals surface area contributed by atoms with Crippen molar-refractivity contribution >= 4 is 22.4 Å². The van der Waals surface area contributed by atoms with Gasteiger partial charge in [-0.2, -0.15) is 0 Å². The van der Waals surface area contributed by atoms with Gasteiger partial charge < -0.3 is 19.2 Å².